The molecule has 0 saturated carbocycles. The first-order valence-corrected chi connectivity index (χ1v) is 6.43. The molecule has 0 spiro atoms. The fourth-order valence-electron chi connectivity index (χ4n) is 1.64. The van der Waals surface area contributed by atoms with Gasteiger partial charge in [0, 0.05) is 17.7 Å². The van der Waals surface area contributed by atoms with Gasteiger partial charge in [-0.15, -0.1) is 0 Å². The van der Waals surface area contributed by atoms with Crippen molar-refractivity contribution in [3.8, 4) is 5.75 Å². The van der Waals surface area contributed by atoms with Gasteiger partial charge in [-0.1, -0.05) is 33.8 Å². The molecule has 2 unspecified atom stereocenters. The minimum absolute atomic E-state index is 0.0356. The van der Waals surface area contributed by atoms with E-state index in [1.54, 1.807) is 6.07 Å². The Labute approximate surface area is 109 Å². The molecule has 0 aliphatic carbocycles. The average Bonchev–Trinajstić information content (AvgIpc) is 2.24. The van der Waals surface area contributed by atoms with Crippen LogP contribution < -0.4 is 5.32 Å². The summed E-state index contributed by atoms with van der Waals surface area (Å²) in [5.74, 6) is 0.102. The van der Waals surface area contributed by atoms with Crippen molar-refractivity contribution in [3.05, 3.63) is 29.6 Å². The SMILES string of the molecule is CC(NCC(C)C(C)(C)C)c1ccc(O)cc1F. The summed E-state index contributed by atoms with van der Waals surface area (Å²) >= 11 is 0. The number of phenols is 1. The minimum atomic E-state index is -0.363. The summed E-state index contributed by atoms with van der Waals surface area (Å²) in [5, 5.41) is 12.5. The van der Waals surface area contributed by atoms with Gasteiger partial charge < -0.3 is 10.4 Å². The van der Waals surface area contributed by atoms with Crippen LogP contribution in [0.15, 0.2) is 18.2 Å². The Morgan fingerprint density at radius 3 is 2.39 bits per heavy atom. The molecule has 1 aromatic rings. The third kappa shape index (κ3) is 3.98. The second-order valence-electron chi connectivity index (χ2n) is 6.10. The quantitative estimate of drug-likeness (QED) is 0.854. The summed E-state index contributed by atoms with van der Waals surface area (Å²) in [6, 6.07) is 4.24. The molecule has 102 valence electrons. The van der Waals surface area contributed by atoms with E-state index in [0.29, 0.717) is 11.5 Å². The van der Waals surface area contributed by atoms with Gasteiger partial charge in [0.2, 0.25) is 0 Å². The molecule has 3 heteroatoms. The van der Waals surface area contributed by atoms with Crippen molar-refractivity contribution in [2.75, 3.05) is 6.54 Å². The maximum atomic E-state index is 13.7. The van der Waals surface area contributed by atoms with Crippen LogP contribution in [-0.4, -0.2) is 11.7 Å². The van der Waals surface area contributed by atoms with Crippen LogP contribution in [-0.2, 0) is 0 Å². The lowest BCUT2D eigenvalue weighted by atomic mass is 9.82. The van der Waals surface area contributed by atoms with Gasteiger partial charge in [0.25, 0.3) is 0 Å². The fraction of sp³-hybridized carbons (Fsp3) is 0.600. The normalized spacial score (nSPS) is 15.4. The highest BCUT2D eigenvalue weighted by atomic mass is 19.1. The molecule has 18 heavy (non-hydrogen) atoms. The molecule has 0 saturated heterocycles. The summed E-state index contributed by atoms with van der Waals surface area (Å²) in [6.45, 7) is 11.6. The van der Waals surface area contributed by atoms with Crippen LogP contribution >= 0.6 is 0 Å². The van der Waals surface area contributed by atoms with E-state index in [9.17, 15) is 9.50 Å². The molecular formula is C15H24FNO. The van der Waals surface area contributed by atoms with E-state index in [0.717, 1.165) is 12.6 Å². The van der Waals surface area contributed by atoms with E-state index in [-0.39, 0.29) is 23.0 Å². The number of aromatic hydroxyl groups is 1. The molecule has 2 N–H and O–H groups in total. The van der Waals surface area contributed by atoms with Gasteiger partial charge in [0.05, 0.1) is 0 Å². The van der Waals surface area contributed by atoms with Crippen LogP contribution in [0.4, 0.5) is 4.39 Å². The Morgan fingerprint density at radius 1 is 1.28 bits per heavy atom. The smallest absolute Gasteiger partial charge is 0.131 e. The summed E-state index contributed by atoms with van der Waals surface area (Å²) in [5.41, 5.74) is 0.828. The molecule has 2 nitrogen and oxygen atoms in total. The minimum Gasteiger partial charge on any atom is -0.508 e. The largest absolute Gasteiger partial charge is 0.508 e. The van der Waals surface area contributed by atoms with Gasteiger partial charge in [0.1, 0.15) is 11.6 Å². The van der Waals surface area contributed by atoms with Crippen molar-refractivity contribution >= 4 is 0 Å². The summed E-state index contributed by atoms with van der Waals surface area (Å²) in [7, 11) is 0. The Balaban J connectivity index is 2.63. The highest BCUT2D eigenvalue weighted by Crippen LogP contribution is 2.26. The summed E-state index contributed by atoms with van der Waals surface area (Å²) in [4.78, 5) is 0. The van der Waals surface area contributed by atoms with E-state index in [4.69, 9.17) is 0 Å². The van der Waals surface area contributed by atoms with Crippen molar-refractivity contribution < 1.29 is 9.50 Å². The number of halogens is 1. The van der Waals surface area contributed by atoms with Crippen molar-refractivity contribution in [1.82, 2.24) is 5.32 Å². The lowest BCUT2D eigenvalue weighted by Crippen LogP contribution is -2.31. The van der Waals surface area contributed by atoms with Crippen molar-refractivity contribution in [1.29, 1.82) is 0 Å². The second kappa shape index (κ2) is 5.70. The molecule has 2 atom stereocenters. The topological polar surface area (TPSA) is 32.3 Å². The van der Waals surface area contributed by atoms with Crippen molar-refractivity contribution in [2.24, 2.45) is 11.3 Å². The summed E-state index contributed by atoms with van der Waals surface area (Å²) in [6.07, 6.45) is 0. The lowest BCUT2D eigenvalue weighted by Gasteiger charge is -2.29. The molecule has 0 radical (unpaired) electrons. The highest BCUT2D eigenvalue weighted by molar-refractivity contribution is 5.29. The van der Waals surface area contributed by atoms with Gasteiger partial charge in [0.15, 0.2) is 0 Å². The molecule has 0 heterocycles. The first kappa shape index (κ1) is 15.0. The highest BCUT2D eigenvalue weighted by Gasteiger charge is 2.21. The Morgan fingerprint density at radius 2 is 1.89 bits per heavy atom. The van der Waals surface area contributed by atoms with Crippen LogP contribution in [0.3, 0.4) is 0 Å². The number of benzene rings is 1. The molecule has 0 aliphatic rings. The van der Waals surface area contributed by atoms with E-state index in [1.165, 1.54) is 6.07 Å². The van der Waals surface area contributed by atoms with Gasteiger partial charge >= 0.3 is 0 Å². The zero-order valence-corrected chi connectivity index (χ0v) is 11.9. The molecule has 0 aromatic heterocycles. The van der Waals surface area contributed by atoms with Crippen molar-refractivity contribution in [2.45, 2.75) is 40.7 Å². The van der Waals surface area contributed by atoms with Crippen LogP contribution in [0.25, 0.3) is 0 Å². The predicted molar refractivity (Wildman–Crippen MR) is 73.1 cm³/mol. The molecule has 1 aromatic carbocycles. The third-order valence-electron chi connectivity index (χ3n) is 3.66. The number of nitrogens with one attached hydrogen (secondary N) is 1. The van der Waals surface area contributed by atoms with Gasteiger partial charge in [-0.05, 0) is 30.9 Å². The maximum Gasteiger partial charge on any atom is 0.131 e. The van der Waals surface area contributed by atoms with E-state index in [2.05, 4.69) is 33.0 Å². The molecule has 1 rings (SSSR count). The Bertz CT molecular complexity index is 398. The molecule has 0 bridgehead atoms. The van der Waals surface area contributed by atoms with Gasteiger partial charge in [-0.25, -0.2) is 4.39 Å². The zero-order chi connectivity index (χ0) is 13.9. The van der Waals surface area contributed by atoms with E-state index in [1.807, 2.05) is 6.92 Å². The molecule has 0 fully saturated rings. The van der Waals surface area contributed by atoms with E-state index < -0.39 is 0 Å². The number of hydrogen-bond acceptors (Lipinski definition) is 2. The average molecular weight is 253 g/mol. The fourth-order valence-corrected chi connectivity index (χ4v) is 1.64. The van der Waals surface area contributed by atoms with Crippen LogP contribution in [0, 0.1) is 17.2 Å². The Kier molecular flexibility index (Phi) is 4.74. The zero-order valence-electron chi connectivity index (χ0n) is 11.9. The van der Waals surface area contributed by atoms with Crippen LogP contribution in [0.2, 0.25) is 0 Å². The first-order chi connectivity index (χ1) is 8.21. The maximum absolute atomic E-state index is 13.7. The van der Waals surface area contributed by atoms with E-state index >= 15 is 0 Å². The number of rotatable bonds is 4. The van der Waals surface area contributed by atoms with Crippen molar-refractivity contribution in [3.63, 3.8) is 0 Å². The van der Waals surface area contributed by atoms with Crippen LogP contribution in [0.1, 0.15) is 46.2 Å². The second-order valence-corrected chi connectivity index (χ2v) is 6.10. The van der Waals surface area contributed by atoms with Gasteiger partial charge in [-0.3, -0.25) is 0 Å². The molecular weight excluding hydrogens is 229 g/mol. The molecule has 0 amide bonds. The monoisotopic (exact) mass is 253 g/mol. The van der Waals surface area contributed by atoms with Crippen LogP contribution in [0.5, 0.6) is 5.75 Å². The molecule has 0 aliphatic heterocycles. The predicted octanol–water partition coefficient (Wildman–Crippen LogP) is 3.86. The summed E-state index contributed by atoms with van der Waals surface area (Å²) < 4.78 is 13.7. The standard InChI is InChI=1S/C15H24FNO/c1-10(15(3,4)5)9-17-11(2)13-7-6-12(18)8-14(13)16/h6-8,10-11,17-18H,9H2,1-5H3. The van der Waals surface area contributed by atoms with Gasteiger partial charge in [-0.2, -0.15) is 0 Å². The number of phenolic OH excluding ortho intramolecular Hbond substituents is 1. The number of hydrogen-bond donors (Lipinski definition) is 2. The third-order valence-corrected chi connectivity index (χ3v) is 3.66. The Hall–Kier alpha value is -1.09. The lowest BCUT2D eigenvalue weighted by molar-refractivity contribution is 0.246. The first-order valence-electron chi connectivity index (χ1n) is 6.43.